The largest absolute Gasteiger partial charge is 0.298 e. The summed E-state index contributed by atoms with van der Waals surface area (Å²) < 4.78 is 0. The molecule has 1 fully saturated rings. The highest BCUT2D eigenvalue weighted by atomic mass is 16.1. The van der Waals surface area contributed by atoms with Crippen LogP contribution in [-0.2, 0) is 16.6 Å². The number of carbonyl (C=O) groups is 1. The molecule has 0 N–H and O–H groups in total. The molecule has 1 aliphatic rings. The highest BCUT2D eigenvalue weighted by Gasteiger charge is 2.40. The summed E-state index contributed by atoms with van der Waals surface area (Å²) >= 11 is 0. The van der Waals surface area contributed by atoms with Crippen molar-refractivity contribution in [2.24, 2.45) is 5.41 Å². The lowest BCUT2D eigenvalue weighted by Gasteiger charge is -2.29. The molecule has 1 aromatic rings. The SMILES string of the molecule is CC(C)(C)c1ccc(CC2(C#N)CCCCC2=O)cc1. The smallest absolute Gasteiger partial charge is 0.153 e. The highest BCUT2D eigenvalue weighted by Crippen LogP contribution is 2.36. The van der Waals surface area contributed by atoms with Crippen LogP contribution in [0, 0.1) is 16.7 Å². The number of nitrogens with zero attached hydrogens (tertiary/aromatic N) is 1. The first-order chi connectivity index (χ1) is 9.37. The average molecular weight is 269 g/mol. The summed E-state index contributed by atoms with van der Waals surface area (Å²) in [6.07, 6.45) is 3.76. The zero-order chi connectivity index (χ0) is 14.8. The second-order valence-electron chi connectivity index (χ2n) is 6.95. The second kappa shape index (κ2) is 5.40. The van der Waals surface area contributed by atoms with Crippen LogP contribution >= 0.6 is 0 Å². The van der Waals surface area contributed by atoms with Crippen molar-refractivity contribution in [1.82, 2.24) is 0 Å². The van der Waals surface area contributed by atoms with Gasteiger partial charge in [-0.15, -0.1) is 0 Å². The Kier molecular flexibility index (Phi) is 3.99. The number of hydrogen-bond donors (Lipinski definition) is 0. The number of rotatable bonds is 2. The molecule has 1 aliphatic carbocycles. The third kappa shape index (κ3) is 2.93. The fraction of sp³-hybridized carbons (Fsp3) is 0.556. The second-order valence-corrected chi connectivity index (χ2v) is 6.95. The van der Waals surface area contributed by atoms with E-state index >= 15 is 0 Å². The van der Waals surface area contributed by atoms with Crippen LogP contribution in [-0.4, -0.2) is 5.78 Å². The Balaban J connectivity index is 2.21. The third-order valence-corrected chi connectivity index (χ3v) is 4.33. The number of ketones is 1. The first-order valence-electron chi connectivity index (χ1n) is 7.41. The van der Waals surface area contributed by atoms with Gasteiger partial charge in [-0.2, -0.15) is 5.26 Å². The zero-order valence-corrected chi connectivity index (χ0v) is 12.7. The van der Waals surface area contributed by atoms with Crippen LogP contribution in [0.2, 0.25) is 0 Å². The van der Waals surface area contributed by atoms with Crippen LogP contribution in [0.15, 0.2) is 24.3 Å². The molecule has 1 saturated carbocycles. The molecule has 20 heavy (non-hydrogen) atoms. The first-order valence-corrected chi connectivity index (χ1v) is 7.41. The van der Waals surface area contributed by atoms with E-state index < -0.39 is 5.41 Å². The first kappa shape index (κ1) is 14.8. The Hall–Kier alpha value is -1.62. The van der Waals surface area contributed by atoms with Gasteiger partial charge in [-0.3, -0.25) is 4.79 Å². The topological polar surface area (TPSA) is 40.9 Å². The standard InChI is InChI=1S/C18H23NO/c1-17(2,3)15-9-7-14(8-10-15)12-18(13-19)11-5-4-6-16(18)20/h7-10H,4-6,11-12H2,1-3H3. The Bertz CT molecular complexity index is 530. The molecule has 0 spiro atoms. The van der Waals surface area contributed by atoms with E-state index in [1.807, 2.05) is 0 Å². The van der Waals surface area contributed by atoms with E-state index in [0.717, 1.165) is 18.4 Å². The van der Waals surface area contributed by atoms with Gasteiger partial charge in [-0.1, -0.05) is 51.5 Å². The number of Topliss-reactive ketones (excluding diaryl/α,β-unsaturated/α-hetero) is 1. The summed E-state index contributed by atoms with van der Waals surface area (Å²) in [7, 11) is 0. The summed E-state index contributed by atoms with van der Waals surface area (Å²) in [5.41, 5.74) is 1.73. The maximum absolute atomic E-state index is 12.2. The predicted octanol–water partition coefficient (Wildman–Crippen LogP) is 4.18. The Morgan fingerprint density at radius 1 is 1.20 bits per heavy atom. The van der Waals surface area contributed by atoms with Crippen molar-refractivity contribution in [2.75, 3.05) is 0 Å². The molecule has 0 aliphatic heterocycles. The zero-order valence-electron chi connectivity index (χ0n) is 12.7. The van der Waals surface area contributed by atoms with Crippen LogP contribution in [0.4, 0.5) is 0 Å². The van der Waals surface area contributed by atoms with Crippen LogP contribution in [0.1, 0.15) is 57.6 Å². The van der Waals surface area contributed by atoms with Gasteiger partial charge in [0.2, 0.25) is 0 Å². The molecule has 2 nitrogen and oxygen atoms in total. The minimum absolute atomic E-state index is 0.131. The van der Waals surface area contributed by atoms with Crippen LogP contribution in [0.3, 0.4) is 0 Å². The van der Waals surface area contributed by atoms with Crippen molar-refractivity contribution in [3.8, 4) is 6.07 Å². The van der Waals surface area contributed by atoms with Gasteiger partial charge >= 0.3 is 0 Å². The molecule has 106 valence electrons. The van der Waals surface area contributed by atoms with Gasteiger partial charge < -0.3 is 0 Å². The van der Waals surface area contributed by atoms with Crippen LogP contribution in [0.25, 0.3) is 0 Å². The van der Waals surface area contributed by atoms with Gasteiger partial charge in [0.05, 0.1) is 6.07 Å². The van der Waals surface area contributed by atoms with Crippen molar-refractivity contribution in [2.45, 2.75) is 58.3 Å². The molecule has 1 aromatic carbocycles. The third-order valence-electron chi connectivity index (χ3n) is 4.33. The van der Waals surface area contributed by atoms with Crippen LogP contribution < -0.4 is 0 Å². The number of carbonyl (C=O) groups excluding carboxylic acids is 1. The van der Waals surface area contributed by atoms with Gasteiger partial charge in [0.1, 0.15) is 5.41 Å². The molecular weight excluding hydrogens is 246 g/mol. The van der Waals surface area contributed by atoms with E-state index in [-0.39, 0.29) is 11.2 Å². The van der Waals surface area contributed by atoms with E-state index in [1.165, 1.54) is 5.56 Å². The van der Waals surface area contributed by atoms with E-state index in [1.54, 1.807) is 0 Å². The molecule has 1 atom stereocenters. The maximum Gasteiger partial charge on any atom is 0.153 e. The maximum atomic E-state index is 12.2. The van der Waals surface area contributed by atoms with E-state index in [9.17, 15) is 10.1 Å². The minimum atomic E-state index is -0.776. The summed E-state index contributed by atoms with van der Waals surface area (Å²) in [6, 6.07) is 10.7. The molecule has 0 aromatic heterocycles. The molecular formula is C18H23NO. The van der Waals surface area contributed by atoms with Crippen molar-refractivity contribution in [3.63, 3.8) is 0 Å². The normalized spacial score (nSPS) is 23.4. The average Bonchev–Trinajstić information content (AvgIpc) is 2.41. The van der Waals surface area contributed by atoms with E-state index in [0.29, 0.717) is 19.3 Å². The Morgan fingerprint density at radius 2 is 1.85 bits per heavy atom. The highest BCUT2D eigenvalue weighted by molar-refractivity contribution is 5.88. The van der Waals surface area contributed by atoms with E-state index in [4.69, 9.17) is 0 Å². The van der Waals surface area contributed by atoms with Gasteiger partial charge in [0.15, 0.2) is 5.78 Å². The Morgan fingerprint density at radius 3 is 2.35 bits per heavy atom. The molecule has 2 heteroatoms. The van der Waals surface area contributed by atoms with Crippen molar-refractivity contribution >= 4 is 5.78 Å². The summed E-state index contributed by atoms with van der Waals surface area (Å²) in [4.78, 5) is 12.2. The fourth-order valence-electron chi connectivity index (χ4n) is 2.91. The van der Waals surface area contributed by atoms with Crippen molar-refractivity contribution in [3.05, 3.63) is 35.4 Å². The molecule has 0 heterocycles. The molecule has 2 rings (SSSR count). The van der Waals surface area contributed by atoms with Gasteiger partial charge in [0.25, 0.3) is 0 Å². The summed E-state index contributed by atoms with van der Waals surface area (Å²) in [5, 5.41) is 9.49. The number of nitriles is 1. The van der Waals surface area contributed by atoms with Crippen molar-refractivity contribution < 1.29 is 4.79 Å². The van der Waals surface area contributed by atoms with Gasteiger partial charge in [-0.05, 0) is 35.8 Å². The molecule has 0 amide bonds. The lowest BCUT2D eigenvalue weighted by Crippen LogP contribution is -2.34. The summed E-state index contributed by atoms with van der Waals surface area (Å²) in [5.74, 6) is 0.131. The lowest BCUT2D eigenvalue weighted by atomic mass is 9.70. The van der Waals surface area contributed by atoms with Crippen LogP contribution in [0.5, 0.6) is 0 Å². The lowest BCUT2D eigenvalue weighted by molar-refractivity contribution is -0.128. The van der Waals surface area contributed by atoms with E-state index in [2.05, 4.69) is 51.1 Å². The summed E-state index contributed by atoms with van der Waals surface area (Å²) in [6.45, 7) is 6.55. The molecule has 0 bridgehead atoms. The Labute approximate surface area is 121 Å². The van der Waals surface area contributed by atoms with Gasteiger partial charge in [-0.25, -0.2) is 0 Å². The molecule has 0 radical (unpaired) electrons. The quantitative estimate of drug-likeness (QED) is 0.808. The van der Waals surface area contributed by atoms with Gasteiger partial charge in [0, 0.05) is 6.42 Å². The minimum Gasteiger partial charge on any atom is -0.298 e. The molecule has 0 saturated heterocycles. The number of hydrogen-bond acceptors (Lipinski definition) is 2. The van der Waals surface area contributed by atoms with Crippen molar-refractivity contribution in [1.29, 1.82) is 5.26 Å². The molecule has 1 unspecified atom stereocenters. The fourth-order valence-corrected chi connectivity index (χ4v) is 2.91. The monoisotopic (exact) mass is 269 g/mol. The predicted molar refractivity (Wildman–Crippen MR) is 80.4 cm³/mol. The number of benzene rings is 1.